The van der Waals surface area contributed by atoms with E-state index in [9.17, 15) is 0 Å². The van der Waals surface area contributed by atoms with E-state index in [-0.39, 0.29) is 0 Å². The average Bonchev–Trinajstić information content (AvgIpc) is 2.75. The lowest BCUT2D eigenvalue weighted by Gasteiger charge is -2.32. The first-order chi connectivity index (χ1) is 14.3. The van der Waals surface area contributed by atoms with Gasteiger partial charge in [-0.2, -0.15) is 4.57 Å². The second-order valence-electron chi connectivity index (χ2n) is 9.04. The van der Waals surface area contributed by atoms with Crippen LogP contribution in [0, 0.1) is 13.5 Å². The van der Waals surface area contributed by atoms with E-state index in [4.69, 9.17) is 6.57 Å². The first-order valence-electron chi connectivity index (χ1n) is 10.4. The molecule has 30 heavy (non-hydrogen) atoms. The molecule has 5 rings (SSSR count). The van der Waals surface area contributed by atoms with Crippen molar-refractivity contribution < 1.29 is 4.57 Å². The van der Waals surface area contributed by atoms with E-state index in [0.29, 0.717) is 6.42 Å². The number of rotatable bonds is 2. The van der Waals surface area contributed by atoms with Gasteiger partial charge < -0.3 is 9.74 Å². The molecule has 1 aliphatic heterocycles. The number of aryl methyl sites for hydroxylation is 2. The first-order valence-corrected chi connectivity index (χ1v) is 10.4. The molecule has 0 amide bonds. The highest BCUT2D eigenvalue weighted by Gasteiger charge is 2.37. The predicted octanol–water partition coefficient (Wildman–Crippen LogP) is 6.11. The van der Waals surface area contributed by atoms with Crippen LogP contribution in [-0.4, -0.2) is 12.6 Å². The Hall–Kier alpha value is -3.38. The quantitative estimate of drug-likeness (QED) is 0.296. The van der Waals surface area contributed by atoms with Crippen molar-refractivity contribution in [2.24, 2.45) is 7.05 Å². The van der Waals surface area contributed by atoms with Crippen molar-refractivity contribution in [1.29, 1.82) is 0 Å². The van der Waals surface area contributed by atoms with Crippen molar-refractivity contribution in [3.05, 3.63) is 77.1 Å². The van der Waals surface area contributed by atoms with Gasteiger partial charge in [0.25, 0.3) is 0 Å². The number of aromatic nitrogens is 1. The minimum Gasteiger partial charge on any atom is -0.338 e. The average molecular weight is 393 g/mol. The highest BCUT2D eigenvalue weighted by Crippen LogP contribution is 2.49. The van der Waals surface area contributed by atoms with Gasteiger partial charge in [0, 0.05) is 43.6 Å². The molecular weight excluding hydrogens is 366 g/mol. The SMILES string of the molecule is [C-]#[N+]C(C)(C)Cc1c2c([n+](C)c3ccccc13)-c1c(C)ccc3cccc(c13)N2C. The molecule has 0 fully saturated rings. The fraction of sp³-hybridized carbons (Fsp3) is 0.259. The number of para-hydroxylation sites is 1. The molecule has 2 heterocycles. The zero-order chi connectivity index (χ0) is 21.2. The lowest BCUT2D eigenvalue weighted by Crippen LogP contribution is -2.37. The van der Waals surface area contributed by atoms with Gasteiger partial charge in [0.15, 0.2) is 0 Å². The normalized spacial score (nSPS) is 12.9. The monoisotopic (exact) mass is 392 g/mol. The van der Waals surface area contributed by atoms with E-state index in [1.165, 1.54) is 55.4 Å². The smallest absolute Gasteiger partial charge is 0.238 e. The largest absolute Gasteiger partial charge is 0.338 e. The maximum absolute atomic E-state index is 7.75. The van der Waals surface area contributed by atoms with Crippen molar-refractivity contribution in [1.82, 2.24) is 0 Å². The molecule has 0 atom stereocenters. The van der Waals surface area contributed by atoms with Gasteiger partial charge in [0.1, 0.15) is 12.7 Å². The van der Waals surface area contributed by atoms with E-state index < -0.39 is 5.54 Å². The van der Waals surface area contributed by atoms with Crippen molar-refractivity contribution in [3.8, 4) is 11.3 Å². The minimum atomic E-state index is -0.463. The third-order valence-corrected chi connectivity index (χ3v) is 6.51. The molecule has 0 saturated heterocycles. The summed E-state index contributed by atoms with van der Waals surface area (Å²) >= 11 is 0. The zero-order valence-electron chi connectivity index (χ0n) is 18.2. The van der Waals surface area contributed by atoms with Crippen molar-refractivity contribution in [3.63, 3.8) is 0 Å². The molecule has 3 aromatic carbocycles. The van der Waals surface area contributed by atoms with Gasteiger partial charge in [-0.15, -0.1) is 0 Å². The van der Waals surface area contributed by atoms with Gasteiger partial charge in [-0.05, 0) is 30.0 Å². The highest BCUT2D eigenvalue weighted by molar-refractivity contribution is 6.12. The van der Waals surface area contributed by atoms with Crippen LogP contribution < -0.4 is 9.47 Å². The lowest BCUT2D eigenvalue weighted by molar-refractivity contribution is -0.633. The van der Waals surface area contributed by atoms with Gasteiger partial charge in [0.05, 0.1) is 17.4 Å². The van der Waals surface area contributed by atoms with E-state index in [1.807, 2.05) is 13.8 Å². The number of anilines is 2. The van der Waals surface area contributed by atoms with E-state index >= 15 is 0 Å². The molecule has 0 spiro atoms. The molecule has 0 N–H and O–H groups in total. The van der Waals surface area contributed by atoms with Gasteiger partial charge in [0.2, 0.25) is 16.7 Å². The highest BCUT2D eigenvalue weighted by atomic mass is 15.1. The summed E-state index contributed by atoms with van der Waals surface area (Å²) in [4.78, 5) is 6.28. The standard InChI is InChI=1S/C27H26N3/c1-17-14-15-18-10-9-13-22-24(18)23(17)26-25(30(22)6)20(16-27(2,3)28-4)19-11-7-8-12-21(19)29(26)5/h7-15H,16H2,1-3,5-6H3/q+1. The Balaban J connectivity index is 2.01. The molecule has 0 aliphatic carbocycles. The summed E-state index contributed by atoms with van der Waals surface area (Å²) in [6.45, 7) is 14.0. The summed E-state index contributed by atoms with van der Waals surface area (Å²) in [5.41, 5.74) is 8.29. The second-order valence-corrected chi connectivity index (χ2v) is 9.04. The summed E-state index contributed by atoms with van der Waals surface area (Å²) in [7, 11) is 4.34. The minimum absolute atomic E-state index is 0.463. The summed E-state index contributed by atoms with van der Waals surface area (Å²) < 4.78 is 2.34. The number of hydrogen-bond acceptors (Lipinski definition) is 1. The molecule has 148 valence electrons. The Bertz CT molecular complexity index is 1390. The summed E-state index contributed by atoms with van der Waals surface area (Å²) in [6.07, 6.45) is 0.710. The molecule has 0 saturated carbocycles. The van der Waals surface area contributed by atoms with Crippen molar-refractivity contribution >= 4 is 33.1 Å². The number of hydrogen-bond donors (Lipinski definition) is 0. The summed E-state index contributed by atoms with van der Waals surface area (Å²) in [5, 5.41) is 3.81. The van der Waals surface area contributed by atoms with E-state index in [1.54, 1.807) is 0 Å². The Labute approximate surface area is 178 Å². The third kappa shape index (κ3) is 2.47. The Morgan fingerprint density at radius 3 is 2.57 bits per heavy atom. The molecule has 3 heteroatoms. The van der Waals surface area contributed by atoms with Gasteiger partial charge in [-0.25, -0.2) is 6.57 Å². The van der Waals surface area contributed by atoms with Gasteiger partial charge in [-0.1, -0.05) is 36.4 Å². The van der Waals surface area contributed by atoms with Crippen LogP contribution in [0.2, 0.25) is 0 Å². The number of benzene rings is 3. The molecule has 4 aromatic rings. The number of fused-ring (bicyclic) bond motifs is 3. The molecule has 0 bridgehead atoms. The van der Waals surface area contributed by atoms with Gasteiger partial charge in [-0.3, -0.25) is 0 Å². The first kappa shape index (κ1) is 18.6. The Kier molecular flexibility index (Phi) is 3.92. The van der Waals surface area contributed by atoms with Crippen LogP contribution in [0.4, 0.5) is 11.4 Å². The topological polar surface area (TPSA) is 11.5 Å². The second kappa shape index (κ2) is 6.31. The fourth-order valence-electron chi connectivity index (χ4n) is 5.04. The molecule has 3 nitrogen and oxygen atoms in total. The molecule has 1 aromatic heterocycles. The van der Waals surface area contributed by atoms with E-state index in [0.717, 1.165) is 0 Å². The fourth-order valence-corrected chi connectivity index (χ4v) is 5.04. The maximum Gasteiger partial charge on any atom is 0.238 e. The number of nitrogens with zero attached hydrogens (tertiary/aromatic N) is 3. The Morgan fingerprint density at radius 1 is 1.03 bits per heavy atom. The van der Waals surface area contributed by atoms with Crippen molar-refractivity contribution in [2.75, 3.05) is 11.9 Å². The predicted molar refractivity (Wildman–Crippen MR) is 125 cm³/mol. The van der Waals surface area contributed by atoms with Crippen LogP contribution in [0.5, 0.6) is 0 Å². The maximum atomic E-state index is 7.75. The van der Waals surface area contributed by atoms with Crippen LogP contribution in [-0.2, 0) is 13.5 Å². The third-order valence-electron chi connectivity index (χ3n) is 6.51. The van der Waals surface area contributed by atoms with E-state index in [2.05, 4.69) is 89.9 Å². The molecule has 0 radical (unpaired) electrons. The summed E-state index contributed by atoms with van der Waals surface area (Å²) in [6, 6.07) is 19.6. The van der Waals surface area contributed by atoms with Crippen LogP contribution in [0.1, 0.15) is 25.0 Å². The van der Waals surface area contributed by atoms with Crippen molar-refractivity contribution in [2.45, 2.75) is 32.7 Å². The molecule has 0 unspecified atom stereocenters. The van der Waals surface area contributed by atoms with Crippen LogP contribution in [0.15, 0.2) is 54.6 Å². The van der Waals surface area contributed by atoms with Crippen LogP contribution in [0.3, 0.4) is 0 Å². The van der Waals surface area contributed by atoms with Gasteiger partial charge >= 0.3 is 0 Å². The molecular formula is C27H26N3+. The zero-order valence-corrected chi connectivity index (χ0v) is 18.2. The van der Waals surface area contributed by atoms with Crippen LogP contribution >= 0.6 is 0 Å². The molecule has 1 aliphatic rings. The van der Waals surface area contributed by atoms with Crippen LogP contribution in [0.25, 0.3) is 37.8 Å². The Morgan fingerprint density at radius 2 is 1.80 bits per heavy atom. The lowest BCUT2D eigenvalue weighted by atomic mass is 9.85. The number of pyridine rings is 1. The summed E-state index contributed by atoms with van der Waals surface area (Å²) in [5.74, 6) is 0.